The van der Waals surface area contributed by atoms with Crippen molar-refractivity contribution in [3.8, 4) is 0 Å². The van der Waals surface area contributed by atoms with Crippen LogP contribution in [0.4, 0.5) is 0 Å². The molecule has 0 bridgehead atoms. The highest BCUT2D eigenvalue weighted by Gasteiger charge is 2.11. The zero-order chi connectivity index (χ0) is 10.8. The van der Waals surface area contributed by atoms with Crippen LogP contribution in [0, 0.1) is 6.92 Å². The van der Waals surface area contributed by atoms with Gasteiger partial charge in [0.05, 0.1) is 11.8 Å². The lowest BCUT2D eigenvalue weighted by atomic mass is 10.2. The molecular formula is C10H14N4O. The molecule has 0 saturated carbocycles. The van der Waals surface area contributed by atoms with E-state index in [1.165, 1.54) is 0 Å². The van der Waals surface area contributed by atoms with Gasteiger partial charge in [0.25, 0.3) is 0 Å². The number of aliphatic hydroxyl groups excluding tert-OH is 1. The molecule has 0 spiro atoms. The van der Waals surface area contributed by atoms with Crippen LogP contribution in [-0.4, -0.2) is 26.0 Å². The molecule has 0 aliphatic carbocycles. The van der Waals surface area contributed by atoms with Crippen LogP contribution < -0.4 is 5.73 Å². The number of aliphatic hydroxyl groups is 1. The molecule has 2 aromatic heterocycles. The largest absolute Gasteiger partial charge is 0.387 e. The number of nitrogens with zero attached hydrogens (tertiary/aromatic N) is 3. The fraction of sp³-hybridized carbons (Fsp3) is 0.400. The predicted octanol–water partition coefficient (Wildman–Crippen LogP) is 0.420. The molecule has 0 aromatic carbocycles. The molecule has 1 atom stereocenters. The van der Waals surface area contributed by atoms with E-state index >= 15 is 0 Å². The summed E-state index contributed by atoms with van der Waals surface area (Å²) in [5, 5.41) is 9.74. The van der Waals surface area contributed by atoms with E-state index in [1.54, 1.807) is 12.4 Å². The normalized spacial score (nSPS) is 13.3. The van der Waals surface area contributed by atoms with E-state index in [0.29, 0.717) is 18.7 Å². The minimum Gasteiger partial charge on any atom is -0.387 e. The number of rotatable bonds is 3. The van der Waals surface area contributed by atoms with Crippen molar-refractivity contribution in [2.45, 2.75) is 19.4 Å². The first-order chi connectivity index (χ1) is 7.22. The zero-order valence-corrected chi connectivity index (χ0v) is 8.59. The highest BCUT2D eigenvalue weighted by molar-refractivity contribution is 5.39. The van der Waals surface area contributed by atoms with E-state index in [2.05, 4.69) is 9.97 Å². The Balaban J connectivity index is 2.43. The Labute approximate surface area is 87.6 Å². The number of aryl methyl sites for hydroxylation is 1. The van der Waals surface area contributed by atoms with Gasteiger partial charge in [0.1, 0.15) is 11.5 Å². The molecule has 80 valence electrons. The molecule has 0 radical (unpaired) electrons. The van der Waals surface area contributed by atoms with Crippen LogP contribution in [-0.2, 0) is 0 Å². The van der Waals surface area contributed by atoms with Crippen molar-refractivity contribution in [2.24, 2.45) is 5.73 Å². The van der Waals surface area contributed by atoms with Gasteiger partial charge in [-0.25, -0.2) is 9.97 Å². The molecule has 5 nitrogen and oxygen atoms in total. The Kier molecular flexibility index (Phi) is 2.66. The van der Waals surface area contributed by atoms with E-state index < -0.39 is 6.10 Å². The number of nitrogens with two attached hydrogens (primary N) is 1. The molecule has 1 unspecified atom stereocenters. The topological polar surface area (TPSA) is 76.4 Å². The molecule has 2 aromatic rings. The lowest BCUT2D eigenvalue weighted by molar-refractivity contribution is 0.166. The van der Waals surface area contributed by atoms with Crippen molar-refractivity contribution >= 4 is 5.65 Å². The second-order valence-corrected chi connectivity index (χ2v) is 3.48. The Morgan fingerprint density at radius 1 is 1.60 bits per heavy atom. The second-order valence-electron chi connectivity index (χ2n) is 3.48. The maximum atomic E-state index is 9.74. The summed E-state index contributed by atoms with van der Waals surface area (Å²) < 4.78 is 1.86. The van der Waals surface area contributed by atoms with Gasteiger partial charge in [-0.2, -0.15) is 0 Å². The molecule has 0 aliphatic heterocycles. The minimum absolute atomic E-state index is 0.451. The summed E-state index contributed by atoms with van der Waals surface area (Å²) in [6.45, 7) is 2.35. The first-order valence-electron chi connectivity index (χ1n) is 4.91. The van der Waals surface area contributed by atoms with Crippen LogP contribution in [0.15, 0.2) is 18.5 Å². The summed E-state index contributed by atoms with van der Waals surface area (Å²) in [6, 6.07) is 1.81. The SMILES string of the molecule is Cc1nccc2nc(C(O)CCN)cn12. The molecule has 5 heteroatoms. The van der Waals surface area contributed by atoms with Crippen LogP contribution in [0.1, 0.15) is 24.0 Å². The van der Waals surface area contributed by atoms with E-state index in [0.717, 1.165) is 11.5 Å². The molecule has 0 fully saturated rings. The van der Waals surface area contributed by atoms with Gasteiger partial charge in [0.2, 0.25) is 0 Å². The molecule has 0 saturated heterocycles. The fourth-order valence-corrected chi connectivity index (χ4v) is 1.53. The van der Waals surface area contributed by atoms with Crippen LogP contribution in [0.3, 0.4) is 0 Å². The second kappa shape index (κ2) is 3.96. The van der Waals surface area contributed by atoms with Crippen molar-refractivity contribution in [2.75, 3.05) is 6.54 Å². The number of hydrogen-bond acceptors (Lipinski definition) is 4. The van der Waals surface area contributed by atoms with Crippen LogP contribution in [0.25, 0.3) is 5.65 Å². The summed E-state index contributed by atoms with van der Waals surface area (Å²) in [4.78, 5) is 8.45. The summed E-state index contributed by atoms with van der Waals surface area (Å²) in [7, 11) is 0. The number of aromatic nitrogens is 3. The number of hydrogen-bond donors (Lipinski definition) is 2. The molecule has 2 rings (SSSR count). The van der Waals surface area contributed by atoms with E-state index in [9.17, 15) is 5.11 Å². The maximum absolute atomic E-state index is 9.74. The van der Waals surface area contributed by atoms with Gasteiger partial charge in [-0.3, -0.25) is 4.40 Å². The van der Waals surface area contributed by atoms with E-state index in [-0.39, 0.29) is 0 Å². The van der Waals surface area contributed by atoms with Gasteiger partial charge in [-0.05, 0) is 26.0 Å². The summed E-state index contributed by atoms with van der Waals surface area (Å²) in [5.74, 6) is 0.853. The molecular weight excluding hydrogens is 192 g/mol. The molecule has 0 amide bonds. The quantitative estimate of drug-likeness (QED) is 0.763. The highest BCUT2D eigenvalue weighted by atomic mass is 16.3. The Morgan fingerprint density at radius 3 is 3.07 bits per heavy atom. The summed E-state index contributed by atoms with van der Waals surface area (Å²) >= 11 is 0. The standard InChI is InChI=1S/C10H14N4O/c1-7-12-5-3-10-13-8(6-14(7)10)9(15)2-4-11/h3,5-6,9,15H,2,4,11H2,1H3. The highest BCUT2D eigenvalue weighted by Crippen LogP contribution is 2.16. The zero-order valence-electron chi connectivity index (χ0n) is 8.59. The van der Waals surface area contributed by atoms with Gasteiger partial charge in [-0.15, -0.1) is 0 Å². The number of imidazole rings is 1. The monoisotopic (exact) mass is 206 g/mol. The Morgan fingerprint density at radius 2 is 2.40 bits per heavy atom. The van der Waals surface area contributed by atoms with Crippen molar-refractivity contribution in [1.82, 2.24) is 14.4 Å². The van der Waals surface area contributed by atoms with E-state index in [4.69, 9.17) is 5.73 Å². The van der Waals surface area contributed by atoms with Gasteiger partial charge >= 0.3 is 0 Å². The third kappa shape index (κ3) is 1.84. The third-order valence-electron chi connectivity index (χ3n) is 2.37. The third-order valence-corrected chi connectivity index (χ3v) is 2.37. The Bertz CT molecular complexity index is 465. The van der Waals surface area contributed by atoms with Crippen LogP contribution in [0.5, 0.6) is 0 Å². The van der Waals surface area contributed by atoms with E-state index in [1.807, 2.05) is 17.4 Å². The van der Waals surface area contributed by atoms with Crippen molar-refractivity contribution in [3.63, 3.8) is 0 Å². The van der Waals surface area contributed by atoms with Crippen LogP contribution >= 0.6 is 0 Å². The Hall–Kier alpha value is -1.46. The van der Waals surface area contributed by atoms with Gasteiger partial charge < -0.3 is 10.8 Å². The first-order valence-corrected chi connectivity index (χ1v) is 4.91. The molecule has 3 N–H and O–H groups in total. The molecule has 2 heterocycles. The van der Waals surface area contributed by atoms with Crippen LogP contribution in [0.2, 0.25) is 0 Å². The lowest BCUT2D eigenvalue weighted by Gasteiger charge is -2.03. The van der Waals surface area contributed by atoms with Crippen molar-refractivity contribution in [1.29, 1.82) is 0 Å². The number of fused-ring (bicyclic) bond motifs is 1. The average molecular weight is 206 g/mol. The summed E-state index contributed by atoms with van der Waals surface area (Å²) in [6.07, 6.45) is 3.44. The maximum Gasteiger partial charge on any atom is 0.140 e. The van der Waals surface area contributed by atoms with Gasteiger partial charge in [0.15, 0.2) is 0 Å². The van der Waals surface area contributed by atoms with Crippen molar-refractivity contribution in [3.05, 3.63) is 30.0 Å². The lowest BCUT2D eigenvalue weighted by Crippen LogP contribution is -2.06. The smallest absolute Gasteiger partial charge is 0.140 e. The van der Waals surface area contributed by atoms with Crippen molar-refractivity contribution < 1.29 is 5.11 Å². The van der Waals surface area contributed by atoms with Gasteiger partial charge in [0, 0.05) is 12.4 Å². The average Bonchev–Trinajstić information content (AvgIpc) is 2.63. The fourth-order valence-electron chi connectivity index (χ4n) is 1.53. The predicted molar refractivity (Wildman–Crippen MR) is 56.4 cm³/mol. The summed E-state index contributed by atoms with van der Waals surface area (Å²) in [5.41, 5.74) is 6.83. The molecule has 15 heavy (non-hydrogen) atoms. The minimum atomic E-state index is -0.589. The molecule has 0 aliphatic rings. The van der Waals surface area contributed by atoms with Gasteiger partial charge in [-0.1, -0.05) is 0 Å². The first kappa shape index (κ1) is 10.1.